The highest BCUT2D eigenvalue weighted by Gasteiger charge is 2.11. The Kier molecular flexibility index (Phi) is 5.44. The molecule has 2 aromatic rings. The Morgan fingerprint density at radius 1 is 1.41 bits per heavy atom. The zero-order valence-electron chi connectivity index (χ0n) is 12.4. The van der Waals surface area contributed by atoms with E-state index in [1.807, 2.05) is 31.2 Å². The molecule has 1 aromatic carbocycles. The van der Waals surface area contributed by atoms with Gasteiger partial charge in [0, 0.05) is 35.9 Å². The first-order chi connectivity index (χ1) is 10.6. The number of nitriles is 1. The number of para-hydroxylation sites is 1. The van der Waals surface area contributed by atoms with Crippen molar-refractivity contribution in [3.63, 3.8) is 0 Å². The average Bonchev–Trinajstić information content (AvgIpc) is 2.86. The number of hydrogen-bond donors (Lipinski definition) is 2. The Labute approximate surface area is 133 Å². The van der Waals surface area contributed by atoms with Crippen LogP contribution in [0.4, 0.5) is 16.3 Å². The first-order valence-electron chi connectivity index (χ1n) is 6.79. The average molecular weight is 315 g/mol. The molecule has 6 nitrogen and oxygen atoms in total. The fourth-order valence-corrected chi connectivity index (χ4v) is 2.81. The van der Waals surface area contributed by atoms with Gasteiger partial charge in [-0.2, -0.15) is 10.4 Å². The molecule has 2 amide bonds. The number of carbonyl (C=O) groups is 1. The lowest BCUT2D eigenvalue weighted by atomic mass is 10.3. The highest BCUT2D eigenvalue weighted by atomic mass is 32.2. The van der Waals surface area contributed by atoms with Crippen LogP contribution >= 0.6 is 11.8 Å². The van der Waals surface area contributed by atoms with Crippen LogP contribution in [-0.4, -0.2) is 21.1 Å². The molecule has 1 atom stereocenters. The van der Waals surface area contributed by atoms with Crippen LogP contribution in [0.1, 0.15) is 13.3 Å². The molecule has 0 spiro atoms. The van der Waals surface area contributed by atoms with Crippen molar-refractivity contribution >= 4 is 29.3 Å². The Bertz CT molecular complexity index is 691. The number of aryl methyl sites for hydroxylation is 1. The molecule has 0 bridgehead atoms. The number of aromatic nitrogens is 2. The van der Waals surface area contributed by atoms with Crippen molar-refractivity contribution in [3.05, 3.63) is 36.5 Å². The Hall–Kier alpha value is -2.46. The number of amides is 2. The van der Waals surface area contributed by atoms with E-state index >= 15 is 0 Å². The third-order valence-corrected chi connectivity index (χ3v) is 3.98. The number of hydrogen-bond acceptors (Lipinski definition) is 4. The van der Waals surface area contributed by atoms with Crippen molar-refractivity contribution in [1.29, 1.82) is 5.26 Å². The van der Waals surface area contributed by atoms with Gasteiger partial charge in [0.2, 0.25) is 0 Å². The van der Waals surface area contributed by atoms with Gasteiger partial charge in [-0.05, 0) is 12.1 Å². The van der Waals surface area contributed by atoms with Crippen molar-refractivity contribution in [2.45, 2.75) is 23.5 Å². The van der Waals surface area contributed by atoms with Gasteiger partial charge in [-0.15, -0.1) is 11.8 Å². The SMILES string of the molecule is C[C@@H](CC#N)Sc1ccccc1NC(=O)Nc1ccn(C)n1. The zero-order chi connectivity index (χ0) is 15.9. The minimum absolute atomic E-state index is 0.159. The first kappa shape index (κ1) is 15.9. The summed E-state index contributed by atoms with van der Waals surface area (Å²) in [4.78, 5) is 13.0. The number of thioether (sulfide) groups is 1. The molecule has 0 aliphatic carbocycles. The van der Waals surface area contributed by atoms with Crippen LogP contribution in [0.3, 0.4) is 0 Å². The summed E-state index contributed by atoms with van der Waals surface area (Å²) in [5, 5.41) is 18.5. The van der Waals surface area contributed by atoms with Crippen LogP contribution in [0.25, 0.3) is 0 Å². The van der Waals surface area contributed by atoms with Crippen molar-refractivity contribution in [2.24, 2.45) is 7.05 Å². The monoisotopic (exact) mass is 315 g/mol. The predicted octanol–water partition coefficient (Wildman–Crippen LogP) is 3.46. The largest absolute Gasteiger partial charge is 0.324 e. The van der Waals surface area contributed by atoms with Crippen molar-refractivity contribution in [1.82, 2.24) is 9.78 Å². The fourth-order valence-electron chi connectivity index (χ4n) is 1.81. The Morgan fingerprint density at radius 3 is 2.86 bits per heavy atom. The lowest BCUT2D eigenvalue weighted by Crippen LogP contribution is -2.20. The number of nitrogens with one attached hydrogen (secondary N) is 2. The molecule has 2 N–H and O–H groups in total. The molecule has 7 heteroatoms. The molecule has 0 aliphatic heterocycles. The van der Waals surface area contributed by atoms with Gasteiger partial charge in [-0.1, -0.05) is 19.1 Å². The fraction of sp³-hybridized carbons (Fsp3) is 0.267. The van der Waals surface area contributed by atoms with Gasteiger partial charge < -0.3 is 5.32 Å². The van der Waals surface area contributed by atoms with Gasteiger partial charge >= 0.3 is 6.03 Å². The van der Waals surface area contributed by atoms with Gasteiger partial charge in [0.25, 0.3) is 0 Å². The molecule has 0 unspecified atom stereocenters. The van der Waals surface area contributed by atoms with Gasteiger partial charge in [0.05, 0.1) is 11.8 Å². The second-order valence-electron chi connectivity index (χ2n) is 4.74. The van der Waals surface area contributed by atoms with Gasteiger partial charge in [0.15, 0.2) is 5.82 Å². The quantitative estimate of drug-likeness (QED) is 0.828. The lowest BCUT2D eigenvalue weighted by Gasteiger charge is -2.13. The Balaban J connectivity index is 2.02. The molecule has 114 valence electrons. The molecule has 1 aromatic heterocycles. The standard InChI is InChI=1S/C15H17N5OS/c1-11(7-9-16)22-13-6-4-3-5-12(13)17-15(21)18-14-8-10-20(2)19-14/h3-6,8,10-11H,7H2,1-2H3,(H2,17,18,19,21)/t11-/m0/s1. The summed E-state index contributed by atoms with van der Waals surface area (Å²) in [6.45, 7) is 1.98. The van der Waals surface area contributed by atoms with E-state index in [9.17, 15) is 4.79 Å². The van der Waals surface area contributed by atoms with Crippen molar-refractivity contribution in [3.8, 4) is 6.07 Å². The molecule has 0 aliphatic rings. The maximum atomic E-state index is 12.0. The topological polar surface area (TPSA) is 82.7 Å². The van der Waals surface area contributed by atoms with Crippen molar-refractivity contribution in [2.75, 3.05) is 10.6 Å². The number of benzene rings is 1. The highest BCUT2D eigenvalue weighted by molar-refractivity contribution is 8.00. The summed E-state index contributed by atoms with van der Waals surface area (Å²) in [6, 6.07) is 11.0. The van der Waals surface area contributed by atoms with Crippen LogP contribution in [0.2, 0.25) is 0 Å². The molecule has 2 rings (SSSR count). The summed E-state index contributed by atoms with van der Waals surface area (Å²) in [5.74, 6) is 0.489. The molecule has 1 heterocycles. The third kappa shape index (κ3) is 4.53. The van der Waals surface area contributed by atoms with Crippen LogP contribution in [0.5, 0.6) is 0 Å². The van der Waals surface area contributed by atoms with E-state index in [0.29, 0.717) is 17.9 Å². The van der Waals surface area contributed by atoms with Crippen LogP contribution in [0, 0.1) is 11.3 Å². The summed E-state index contributed by atoms with van der Waals surface area (Å²) in [6.07, 6.45) is 2.21. The first-order valence-corrected chi connectivity index (χ1v) is 7.66. The minimum Gasteiger partial charge on any atom is -0.307 e. The van der Waals surface area contributed by atoms with E-state index in [2.05, 4.69) is 21.8 Å². The lowest BCUT2D eigenvalue weighted by molar-refractivity contribution is 0.262. The highest BCUT2D eigenvalue weighted by Crippen LogP contribution is 2.31. The minimum atomic E-state index is -0.348. The summed E-state index contributed by atoms with van der Waals surface area (Å²) in [7, 11) is 1.78. The molecular weight excluding hydrogens is 298 g/mol. The second-order valence-corrected chi connectivity index (χ2v) is 6.22. The van der Waals surface area contributed by atoms with Crippen LogP contribution < -0.4 is 10.6 Å². The van der Waals surface area contributed by atoms with E-state index in [0.717, 1.165) is 4.90 Å². The third-order valence-electron chi connectivity index (χ3n) is 2.80. The predicted molar refractivity (Wildman–Crippen MR) is 87.8 cm³/mol. The molecular formula is C15H17N5OS. The molecule has 0 saturated carbocycles. The summed E-state index contributed by atoms with van der Waals surface area (Å²) < 4.78 is 1.61. The van der Waals surface area contributed by atoms with Gasteiger partial charge in [0.1, 0.15) is 0 Å². The van der Waals surface area contributed by atoms with Crippen LogP contribution in [-0.2, 0) is 7.05 Å². The maximum Gasteiger partial charge on any atom is 0.324 e. The van der Waals surface area contributed by atoms with E-state index in [4.69, 9.17) is 5.26 Å². The normalized spacial score (nSPS) is 11.5. The smallest absolute Gasteiger partial charge is 0.307 e. The number of urea groups is 1. The second kappa shape index (κ2) is 7.52. The van der Waals surface area contributed by atoms with Crippen molar-refractivity contribution < 1.29 is 4.79 Å². The number of carbonyl (C=O) groups excluding carboxylic acids is 1. The van der Waals surface area contributed by atoms with E-state index in [1.165, 1.54) is 0 Å². The summed E-state index contributed by atoms with van der Waals surface area (Å²) in [5.41, 5.74) is 0.714. The molecule has 22 heavy (non-hydrogen) atoms. The van der Waals surface area contributed by atoms with E-state index in [1.54, 1.807) is 35.8 Å². The summed E-state index contributed by atoms with van der Waals surface area (Å²) >= 11 is 1.56. The molecule has 0 saturated heterocycles. The number of anilines is 2. The van der Waals surface area contributed by atoms with E-state index in [-0.39, 0.29) is 11.3 Å². The molecule has 0 fully saturated rings. The van der Waals surface area contributed by atoms with Crippen LogP contribution in [0.15, 0.2) is 41.4 Å². The Morgan fingerprint density at radius 2 is 2.18 bits per heavy atom. The number of rotatable bonds is 5. The zero-order valence-corrected chi connectivity index (χ0v) is 13.2. The maximum absolute atomic E-state index is 12.0. The van der Waals surface area contributed by atoms with E-state index < -0.39 is 0 Å². The van der Waals surface area contributed by atoms with Gasteiger partial charge in [-0.25, -0.2) is 4.79 Å². The molecule has 0 radical (unpaired) electrons. The van der Waals surface area contributed by atoms with Gasteiger partial charge in [-0.3, -0.25) is 10.00 Å². The number of nitrogens with zero attached hydrogens (tertiary/aromatic N) is 3.